The maximum absolute atomic E-state index is 12.2. The lowest BCUT2D eigenvalue weighted by atomic mass is 9.93. The first-order valence-corrected chi connectivity index (χ1v) is 8.68. The van der Waals surface area contributed by atoms with E-state index < -0.39 is 22.1 Å². The van der Waals surface area contributed by atoms with Crippen LogP contribution >= 0.6 is 0 Å². The number of carboxylic acids is 1. The molecule has 20 heavy (non-hydrogen) atoms. The summed E-state index contributed by atoms with van der Waals surface area (Å²) in [4.78, 5) is 10.9. The fourth-order valence-corrected chi connectivity index (χ4v) is 4.13. The molecular weight excluding hydrogens is 280 g/mol. The van der Waals surface area contributed by atoms with Crippen LogP contribution in [-0.2, 0) is 15.0 Å². The Balaban J connectivity index is 1.87. The Hall–Kier alpha value is -0.660. The molecule has 0 spiro atoms. The Morgan fingerprint density at radius 2 is 1.90 bits per heavy atom. The molecule has 0 atom stereocenters. The number of nitrogens with one attached hydrogen (secondary N) is 1. The zero-order valence-electron chi connectivity index (χ0n) is 12.1. The molecule has 0 amide bonds. The van der Waals surface area contributed by atoms with E-state index >= 15 is 0 Å². The van der Waals surface area contributed by atoms with Gasteiger partial charge in [0.1, 0.15) is 0 Å². The standard InChI is InChI=1S/C13H24N2O4S/c1-10(2)13(5-6-13)9-14-20(18,19)15-7-3-11(4-8-15)12(16)17/h10-11,14H,3-9H2,1-2H3,(H,16,17). The van der Waals surface area contributed by atoms with Gasteiger partial charge in [-0.15, -0.1) is 0 Å². The molecule has 0 aromatic heterocycles. The van der Waals surface area contributed by atoms with E-state index in [0.717, 1.165) is 12.8 Å². The van der Waals surface area contributed by atoms with Crippen molar-refractivity contribution < 1.29 is 18.3 Å². The summed E-state index contributed by atoms with van der Waals surface area (Å²) in [6, 6.07) is 0. The number of aliphatic carboxylic acids is 1. The Morgan fingerprint density at radius 1 is 1.35 bits per heavy atom. The second-order valence-corrected chi connectivity index (χ2v) is 8.11. The monoisotopic (exact) mass is 304 g/mol. The van der Waals surface area contributed by atoms with E-state index in [-0.39, 0.29) is 5.41 Å². The first-order chi connectivity index (χ1) is 9.27. The number of rotatable bonds is 6. The van der Waals surface area contributed by atoms with Crippen molar-refractivity contribution in [1.29, 1.82) is 0 Å². The molecular formula is C13H24N2O4S. The van der Waals surface area contributed by atoms with E-state index in [1.165, 1.54) is 4.31 Å². The molecule has 0 aromatic rings. The van der Waals surface area contributed by atoms with Crippen LogP contribution in [0.4, 0.5) is 0 Å². The van der Waals surface area contributed by atoms with Crippen molar-refractivity contribution in [3.8, 4) is 0 Å². The number of carboxylic acid groups (broad SMARTS) is 1. The van der Waals surface area contributed by atoms with Gasteiger partial charge in [-0.05, 0) is 37.0 Å². The van der Waals surface area contributed by atoms with Gasteiger partial charge in [-0.2, -0.15) is 12.7 Å². The maximum atomic E-state index is 12.2. The fourth-order valence-electron chi connectivity index (χ4n) is 2.79. The third-order valence-electron chi connectivity index (χ3n) is 4.87. The van der Waals surface area contributed by atoms with Crippen molar-refractivity contribution in [2.24, 2.45) is 17.3 Å². The summed E-state index contributed by atoms with van der Waals surface area (Å²) in [6.45, 7) is 5.33. The van der Waals surface area contributed by atoms with E-state index in [1.807, 2.05) is 0 Å². The van der Waals surface area contributed by atoms with Gasteiger partial charge in [-0.1, -0.05) is 13.8 Å². The van der Waals surface area contributed by atoms with Crippen LogP contribution in [0.3, 0.4) is 0 Å². The third-order valence-corrected chi connectivity index (χ3v) is 6.42. The van der Waals surface area contributed by atoms with Crippen molar-refractivity contribution >= 4 is 16.2 Å². The van der Waals surface area contributed by atoms with Crippen molar-refractivity contribution in [2.75, 3.05) is 19.6 Å². The molecule has 0 radical (unpaired) electrons. The zero-order chi connectivity index (χ0) is 15.0. The third kappa shape index (κ3) is 3.32. The summed E-state index contributed by atoms with van der Waals surface area (Å²) in [5.41, 5.74) is 0.131. The topological polar surface area (TPSA) is 86.7 Å². The summed E-state index contributed by atoms with van der Waals surface area (Å²) in [7, 11) is -3.47. The maximum Gasteiger partial charge on any atom is 0.306 e. The number of carbonyl (C=O) groups is 1. The summed E-state index contributed by atoms with van der Waals surface area (Å²) in [5, 5.41) is 8.92. The summed E-state index contributed by atoms with van der Waals surface area (Å²) in [5.74, 6) is -0.762. The van der Waals surface area contributed by atoms with Gasteiger partial charge in [0.15, 0.2) is 0 Å². The van der Waals surface area contributed by atoms with Crippen LogP contribution in [-0.4, -0.2) is 43.4 Å². The highest BCUT2D eigenvalue weighted by Gasteiger charge is 2.46. The Bertz CT molecular complexity index is 463. The van der Waals surface area contributed by atoms with Gasteiger partial charge in [0, 0.05) is 19.6 Å². The number of piperidine rings is 1. The van der Waals surface area contributed by atoms with Crippen LogP contribution in [0.15, 0.2) is 0 Å². The minimum Gasteiger partial charge on any atom is -0.481 e. The van der Waals surface area contributed by atoms with Crippen LogP contribution < -0.4 is 4.72 Å². The van der Waals surface area contributed by atoms with Gasteiger partial charge in [0.05, 0.1) is 5.92 Å². The molecule has 2 rings (SSSR count). The molecule has 0 unspecified atom stereocenters. The highest BCUT2D eigenvalue weighted by Crippen LogP contribution is 2.51. The van der Waals surface area contributed by atoms with Crippen molar-refractivity contribution in [3.05, 3.63) is 0 Å². The predicted molar refractivity (Wildman–Crippen MR) is 75.4 cm³/mol. The van der Waals surface area contributed by atoms with Crippen molar-refractivity contribution in [2.45, 2.75) is 39.5 Å². The minimum absolute atomic E-state index is 0.131. The highest BCUT2D eigenvalue weighted by atomic mass is 32.2. The quantitative estimate of drug-likeness (QED) is 0.768. The second kappa shape index (κ2) is 5.61. The lowest BCUT2D eigenvalue weighted by Crippen LogP contribution is -2.47. The molecule has 0 aromatic carbocycles. The first-order valence-electron chi connectivity index (χ1n) is 7.24. The summed E-state index contributed by atoms with van der Waals surface area (Å²) >= 11 is 0. The predicted octanol–water partition coefficient (Wildman–Crippen LogP) is 1.05. The lowest BCUT2D eigenvalue weighted by molar-refractivity contribution is -0.142. The molecule has 2 N–H and O–H groups in total. The molecule has 116 valence electrons. The molecule has 2 fully saturated rings. The molecule has 7 heteroatoms. The van der Waals surface area contributed by atoms with Crippen LogP contribution in [0, 0.1) is 17.3 Å². The highest BCUT2D eigenvalue weighted by molar-refractivity contribution is 7.87. The Kier molecular flexibility index (Phi) is 4.41. The minimum atomic E-state index is -3.47. The molecule has 1 aliphatic carbocycles. The largest absolute Gasteiger partial charge is 0.481 e. The normalized spacial score (nSPS) is 23.9. The van der Waals surface area contributed by atoms with Gasteiger partial charge in [-0.3, -0.25) is 4.79 Å². The average molecular weight is 304 g/mol. The average Bonchev–Trinajstić information content (AvgIpc) is 3.18. The summed E-state index contributed by atoms with van der Waals surface area (Å²) < 4.78 is 28.5. The molecule has 1 saturated heterocycles. The van der Waals surface area contributed by atoms with Crippen LogP contribution in [0.1, 0.15) is 39.5 Å². The smallest absolute Gasteiger partial charge is 0.306 e. The number of nitrogens with zero attached hydrogens (tertiary/aromatic N) is 1. The van der Waals surface area contributed by atoms with E-state index in [4.69, 9.17) is 5.11 Å². The van der Waals surface area contributed by atoms with Gasteiger partial charge in [0.25, 0.3) is 10.2 Å². The Labute approximate surface area is 120 Å². The zero-order valence-corrected chi connectivity index (χ0v) is 12.9. The van der Waals surface area contributed by atoms with Gasteiger partial charge < -0.3 is 5.11 Å². The molecule has 1 aliphatic heterocycles. The summed E-state index contributed by atoms with van der Waals surface area (Å²) in [6.07, 6.45) is 2.94. The van der Waals surface area contributed by atoms with E-state index in [2.05, 4.69) is 18.6 Å². The molecule has 0 bridgehead atoms. The fraction of sp³-hybridized carbons (Fsp3) is 0.923. The number of hydrogen-bond donors (Lipinski definition) is 2. The van der Waals surface area contributed by atoms with Gasteiger partial charge in [0.2, 0.25) is 0 Å². The van der Waals surface area contributed by atoms with E-state index in [0.29, 0.717) is 38.4 Å². The Morgan fingerprint density at radius 3 is 2.30 bits per heavy atom. The second-order valence-electron chi connectivity index (χ2n) is 6.35. The molecule has 1 saturated carbocycles. The van der Waals surface area contributed by atoms with Crippen molar-refractivity contribution in [1.82, 2.24) is 9.03 Å². The van der Waals surface area contributed by atoms with Gasteiger partial charge in [-0.25, -0.2) is 4.72 Å². The van der Waals surface area contributed by atoms with E-state index in [1.54, 1.807) is 0 Å². The van der Waals surface area contributed by atoms with Crippen molar-refractivity contribution in [3.63, 3.8) is 0 Å². The van der Waals surface area contributed by atoms with Crippen LogP contribution in [0.25, 0.3) is 0 Å². The van der Waals surface area contributed by atoms with E-state index in [9.17, 15) is 13.2 Å². The van der Waals surface area contributed by atoms with Gasteiger partial charge >= 0.3 is 5.97 Å². The SMILES string of the molecule is CC(C)C1(CNS(=O)(=O)N2CCC(C(=O)O)CC2)CC1. The molecule has 6 nitrogen and oxygen atoms in total. The van der Waals surface area contributed by atoms with Crippen LogP contribution in [0.2, 0.25) is 0 Å². The van der Waals surface area contributed by atoms with Crippen LogP contribution in [0.5, 0.6) is 0 Å². The lowest BCUT2D eigenvalue weighted by Gasteiger charge is -2.30. The first kappa shape index (κ1) is 15.7. The molecule has 2 aliphatic rings. The molecule has 1 heterocycles. The number of hydrogen-bond acceptors (Lipinski definition) is 3.